The summed E-state index contributed by atoms with van der Waals surface area (Å²) in [5.41, 5.74) is 6.97. The molecule has 0 heterocycles. The lowest BCUT2D eigenvalue weighted by molar-refractivity contribution is -0.139. The fourth-order valence-electron chi connectivity index (χ4n) is 4.99. The molecule has 6 heteroatoms. The molecule has 4 aromatic rings. The zero-order valence-corrected chi connectivity index (χ0v) is 20.1. The number of ether oxygens (including phenoxy) is 1. The van der Waals surface area contributed by atoms with Crippen LogP contribution < -0.4 is 5.32 Å². The van der Waals surface area contributed by atoms with E-state index in [-0.39, 0.29) is 24.7 Å². The van der Waals surface area contributed by atoms with Crippen molar-refractivity contribution in [2.45, 2.75) is 24.8 Å². The van der Waals surface area contributed by atoms with Crippen molar-refractivity contribution in [1.82, 2.24) is 5.32 Å². The maximum atomic E-state index is 12.7. The molecule has 0 fully saturated rings. The number of aliphatic carboxylic acids is 1. The van der Waals surface area contributed by atoms with Crippen LogP contribution in [0.15, 0.2) is 97.1 Å². The van der Waals surface area contributed by atoms with Crippen LogP contribution in [0.4, 0.5) is 4.79 Å². The van der Waals surface area contributed by atoms with Crippen molar-refractivity contribution in [1.29, 1.82) is 0 Å². The fourth-order valence-corrected chi connectivity index (χ4v) is 4.99. The number of alkyl carbamates (subject to hydrolysis) is 1. The lowest BCUT2D eigenvalue weighted by Gasteiger charge is -2.19. The van der Waals surface area contributed by atoms with Gasteiger partial charge in [-0.25, -0.2) is 9.59 Å². The van der Waals surface area contributed by atoms with Crippen molar-refractivity contribution in [3.63, 3.8) is 0 Å². The molecule has 4 aromatic carbocycles. The van der Waals surface area contributed by atoms with Crippen molar-refractivity contribution in [3.8, 4) is 16.9 Å². The number of aromatic hydroxyl groups is 1. The number of rotatable bonds is 8. The third kappa shape index (κ3) is 5.33. The van der Waals surface area contributed by atoms with Crippen LogP contribution in [0, 0.1) is 0 Å². The third-order valence-corrected chi connectivity index (χ3v) is 6.79. The number of phenols is 1. The predicted octanol–water partition coefficient (Wildman–Crippen LogP) is 5.52. The number of nitrogens with one attached hydrogen (secondary N) is 1. The van der Waals surface area contributed by atoms with Crippen LogP contribution in [0.2, 0.25) is 0 Å². The third-order valence-electron chi connectivity index (χ3n) is 6.79. The first kappa shape index (κ1) is 24.1. The van der Waals surface area contributed by atoms with Crippen LogP contribution in [0.3, 0.4) is 0 Å². The van der Waals surface area contributed by atoms with E-state index in [0.717, 1.165) is 38.9 Å². The molecule has 186 valence electrons. The number of carbonyl (C=O) groups excluding carboxylic acids is 1. The molecule has 0 saturated carbocycles. The van der Waals surface area contributed by atoms with E-state index < -0.39 is 18.1 Å². The molecule has 6 nitrogen and oxygen atoms in total. The first-order chi connectivity index (χ1) is 18.0. The Labute approximate surface area is 215 Å². The molecular formula is C31H27NO5. The van der Waals surface area contributed by atoms with Gasteiger partial charge in [0.2, 0.25) is 0 Å². The maximum absolute atomic E-state index is 12.7. The minimum absolute atomic E-state index is 0.0575. The molecule has 3 N–H and O–H groups in total. The average molecular weight is 494 g/mol. The molecular weight excluding hydrogens is 466 g/mol. The van der Waals surface area contributed by atoms with Gasteiger partial charge in [0, 0.05) is 12.3 Å². The summed E-state index contributed by atoms with van der Waals surface area (Å²) in [6.45, 7) is 0.102. The molecule has 37 heavy (non-hydrogen) atoms. The van der Waals surface area contributed by atoms with E-state index in [1.807, 2.05) is 66.7 Å². The molecule has 5 rings (SSSR count). The number of benzene rings is 4. The number of fused-ring (bicyclic) bond motifs is 3. The molecule has 0 bridgehead atoms. The Balaban J connectivity index is 1.28. The van der Waals surface area contributed by atoms with E-state index >= 15 is 0 Å². The quantitative estimate of drug-likeness (QED) is 0.301. The monoisotopic (exact) mass is 493 g/mol. The summed E-state index contributed by atoms with van der Waals surface area (Å²) in [6.07, 6.45) is -0.193. The van der Waals surface area contributed by atoms with Gasteiger partial charge < -0.3 is 20.3 Å². The molecule has 0 spiro atoms. The first-order valence-electron chi connectivity index (χ1n) is 12.2. The minimum Gasteiger partial charge on any atom is -0.508 e. The highest BCUT2D eigenvalue weighted by Crippen LogP contribution is 2.44. The normalized spacial score (nSPS) is 12.9. The van der Waals surface area contributed by atoms with Gasteiger partial charge in [-0.05, 0) is 57.5 Å². The Kier molecular flexibility index (Phi) is 6.90. The van der Waals surface area contributed by atoms with Crippen LogP contribution in [0.5, 0.6) is 5.75 Å². The largest absolute Gasteiger partial charge is 0.508 e. The molecule has 0 radical (unpaired) electrons. The topological polar surface area (TPSA) is 95.9 Å². The smallest absolute Gasteiger partial charge is 0.407 e. The van der Waals surface area contributed by atoms with Crippen LogP contribution in [-0.2, 0) is 22.4 Å². The van der Waals surface area contributed by atoms with E-state index in [2.05, 4.69) is 17.4 Å². The van der Waals surface area contributed by atoms with Gasteiger partial charge in [-0.3, -0.25) is 0 Å². The van der Waals surface area contributed by atoms with Gasteiger partial charge in [-0.2, -0.15) is 0 Å². The van der Waals surface area contributed by atoms with Gasteiger partial charge in [0.15, 0.2) is 0 Å². The van der Waals surface area contributed by atoms with Crippen molar-refractivity contribution in [2.24, 2.45) is 0 Å². The molecule has 0 saturated heterocycles. The molecule has 0 unspecified atom stereocenters. The number of amides is 1. The van der Waals surface area contributed by atoms with E-state index in [4.69, 9.17) is 4.74 Å². The number of phenolic OH excluding ortho intramolecular Hbond substituents is 1. The van der Waals surface area contributed by atoms with E-state index in [1.165, 1.54) is 6.07 Å². The van der Waals surface area contributed by atoms with Gasteiger partial charge in [-0.15, -0.1) is 0 Å². The Morgan fingerprint density at radius 3 is 2.08 bits per heavy atom. The molecule has 1 aliphatic rings. The molecule has 0 aliphatic heterocycles. The van der Waals surface area contributed by atoms with E-state index in [9.17, 15) is 19.8 Å². The Morgan fingerprint density at radius 2 is 1.43 bits per heavy atom. The van der Waals surface area contributed by atoms with Gasteiger partial charge in [0.25, 0.3) is 0 Å². The lowest BCUT2D eigenvalue weighted by atomic mass is 9.95. The molecule has 1 atom stereocenters. The van der Waals surface area contributed by atoms with Crippen LogP contribution in [0.25, 0.3) is 11.1 Å². The summed E-state index contributed by atoms with van der Waals surface area (Å²) in [6, 6.07) is 29.4. The molecule has 1 amide bonds. The summed E-state index contributed by atoms with van der Waals surface area (Å²) in [4.78, 5) is 24.8. The zero-order valence-electron chi connectivity index (χ0n) is 20.1. The summed E-state index contributed by atoms with van der Waals surface area (Å²) in [7, 11) is 0. The lowest BCUT2D eigenvalue weighted by Crippen LogP contribution is -2.43. The van der Waals surface area contributed by atoms with Crippen molar-refractivity contribution in [2.75, 3.05) is 6.61 Å². The van der Waals surface area contributed by atoms with Gasteiger partial charge >= 0.3 is 12.1 Å². The number of carboxylic acids is 1. The van der Waals surface area contributed by atoms with Crippen molar-refractivity contribution < 1.29 is 24.5 Å². The van der Waals surface area contributed by atoms with Gasteiger partial charge in [0.05, 0.1) is 0 Å². The van der Waals surface area contributed by atoms with E-state index in [1.54, 1.807) is 12.1 Å². The van der Waals surface area contributed by atoms with Crippen molar-refractivity contribution in [3.05, 3.63) is 125 Å². The second-order valence-corrected chi connectivity index (χ2v) is 9.18. The molecule has 0 aromatic heterocycles. The minimum atomic E-state index is -1.19. The van der Waals surface area contributed by atoms with Crippen LogP contribution >= 0.6 is 0 Å². The summed E-state index contributed by atoms with van der Waals surface area (Å²) < 4.78 is 5.55. The highest BCUT2D eigenvalue weighted by Gasteiger charge is 2.30. The SMILES string of the molecule is O=C(N[C@@H](Cc1ccc(O)cc1Cc1ccccc1)C(=O)O)OCC1c2ccccc2-c2ccccc21. The number of carboxylic acid groups (broad SMARTS) is 1. The van der Waals surface area contributed by atoms with Gasteiger partial charge in [-0.1, -0.05) is 84.9 Å². The Morgan fingerprint density at radius 1 is 0.811 bits per heavy atom. The second-order valence-electron chi connectivity index (χ2n) is 9.18. The number of carbonyl (C=O) groups is 2. The Hall–Kier alpha value is -4.58. The standard InChI is InChI=1S/C31H27NO5/c33-23-15-14-21(22(17-23)16-20-8-2-1-3-9-20)18-29(30(34)35)32-31(36)37-19-28-26-12-6-4-10-24(26)25-11-5-7-13-27(25)28/h1-15,17,28-29,33H,16,18-19H2,(H,32,36)(H,34,35)/t29-/m0/s1. The second kappa shape index (κ2) is 10.6. The van der Waals surface area contributed by atoms with Crippen molar-refractivity contribution >= 4 is 12.1 Å². The predicted molar refractivity (Wildman–Crippen MR) is 141 cm³/mol. The maximum Gasteiger partial charge on any atom is 0.407 e. The highest BCUT2D eigenvalue weighted by molar-refractivity contribution is 5.81. The summed E-state index contributed by atoms with van der Waals surface area (Å²) in [5.74, 6) is -1.17. The average Bonchev–Trinajstić information content (AvgIpc) is 3.22. The first-order valence-corrected chi connectivity index (χ1v) is 12.2. The summed E-state index contributed by atoms with van der Waals surface area (Å²) >= 11 is 0. The highest BCUT2D eigenvalue weighted by atomic mass is 16.5. The fraction of sp³-hybridized carbons (Fsp3) is 0.161. The van der Waals surface area contributed by atoms with E-state index in [0.29, 0.717) is 6.42 Å². The zero-order chi connectivity index (χ0) is 25.8. The van der Waals surface area contributed by atoms with Gasteiger partial charge in [0.1, 0.15) is 18.4 Å². The Bertz CT molecular complexity index is 1390. The molecule has 1 aliphatic carbocycles. The number of hydrogen-bond donors (Lipinski definition) is 3. The summed E-state index contributed by atoms with van der Waals surface area (Å²) in [5, 5.41) is 22.4. The van der Waals surface area contributed by atoms with Crippen LogP contribution in [0.1, 0.15) is 33.7 Å². The number of hydrogen-bond acceptors (Lipinski definition) is 4. The van der Waals surface area contributed by atoms with Crippen LogP contribution in [-0.4, -0.2) is 34.9 Å².